The van der Waals surface area contributed by atoms with Crippen molar-refractivity contribution in [2.45, 2.75) is 78.3 Å². The van der Waals surface area contributed by atoms with E-state index in [0.29, 0.717) is 12.1 Å². The zero-order valence-corrected chi connectivity index (χ0v) is 13.2. The molecule has 0 aromatic carbocycles. The molecule has 0 fully saturated rings. The average molecular weight is 292 g/mol. The molecule has 0 unspecified atom stereocenters. The summed E-state index contributed by atoms with van der Waals surface area (Å²) in [6.45, 7) is 10.5. The molecule has 98 valence electrons. The van der Waals surface area contributed by atoms with Gasteiger partial charge in [0.2, 0.25) is 0 Å². The van der Waals surface area contributed by atoms with Gasteiger partial charge in [0.05, 0.1) is 0 Å². The van der Waals surface area contributed by atoms with Crippen LogP contribution in [0.15, 0.2) is 0 Å². The van der Waals surface area contributed by atoms with Crippen molar-refractivity contribution in [2.24, 2.45) is 0 Å². The second-order valence-corrected chi connectivity index (χ2v) is 6.03. The number of nitrogens with zero attached hydrogens (tertiary/aromatic N) is 1. The first-order chi connectivity index (χ1) is 7.59. The quantitative estimate of drug-likeness (QED) is 0.411. The number of rotatable bonds is 10. The van der Waals surface area contributed by atoms with E-state index in [1.165, 1.54) is 50.4 Å². The summed E-state index contributed by atoms with van der Waals surface area (Å²) in [7, 11) is 0. The van der Waals surface area contributed by atoms with Crippen LogP contribution in [-0.4, -0.2) is 28.9 Å². The summed E-state index contributed by atoms with van der Waals surface area (Å²) in [5, 5.41) is 1.17. The first kappa shape index (κ1) is 16.4. The molecule has 0 spiro atoms. The highest BCUT2D eigenvalue weighted by Gasteiger charge is 2.11. The van der Waals surface area contributed by atoms with Gasteiger partial charge < -0.3 is 0 Å². The summed E-state index contributed by atoms with van der Waals surface area (Å²) < 4.78 is 0. The normalized spacial score (nSPS) is 12.0. The molecule has 2 heteroatoms. The van der Waals surface area contributed by atoms with Crippen molar-refractivity contribution in [1.29, 1.82) is 0 Å². The maximum atomic E-state index is 3.48. The fourth-order valence-corrected chi connectivity index (χ4v) is 2.61. The zero-order valence-electron chi connectivity index (χ0n) is 11.6. The monoisotopic (exact) mass is 291 g/mol. The minimum Gasteiger partial charge on any atom is -0.299 e. The van der Waals surface area contributed by atoms with Crippen LogP contribution in [0.5, 0.6) is 0 Å². The van der Waals surface area contributed by atoms with E-state index in [2.05, 4.69) is 48.5 Å². The second-order valence-electron chi connectivity index (χ2n) is 5.24. The lowest BCUT2D eigenvalue weighted by Crippen LogP contribution is -2.37. The van der Waals surface area contributed by atoms with Gasteiger partial charge in [0, 0.05) is 17.4 Å². The summed E-state index contributed by atoms with van der Waals surface area (Å²) in [5.41, 5.74) is 0. The van der Waals surface area contributed by atoms with E-state index >= 15 is 0 Å². The SMILES string of the molecule is CC(C)N(CCCCCCCCBr)C(C)C. The summed E-state index contributed by atoms with van der Waals surface area (Å²) in [6, 6.07) is 1.38. The van der Waals surface area contributed by atoms with Gasteiger partial charge in [-0.05, 0) is 47.1 Å². The van der Waals surface area contributed by atoms with Crippen molar-refractivity contribution in [3.05, 3.63) is 0 Å². The van der Waals surface area contributed by atoms with Crippen LogP contribution in [-0.2, 0) is 0 Å². The van der Waals surface area contributed by atoms with Crippen LogP contribution >= 0.6 is 15.9 Å². The van der Waals surface area contributed by atoms with E-state index in [-0.39, 0.29) is 0 Å². The summed E-state index contributed by atoms with van der Waals surface area (Å²) >= 11 is 3.48. The van der Waals surface area contributed by atoms with Gasteiger partial charge in [-0.1, -0.05) is 41.6 Å². The lowest BCUT2D eigenvalue weighted by molar-refractivity contribution is 0.171. The van der Waals surface area contributed by atoms with E-state index in [4.69, 9.17) is 0 Å². The Morgan fingerprint density at radius 1 is 0.750 bits per heavy atom. The largest absolute Gasteiger partial charge is 0.299 e. The molecule has 0 aromatic heterocycles. The van der Waals surface area contributed by atoms with Gasteiger partial charge >= 0.3 is 0 Å². The number of unbranched alkanes of at least 4 members (excludes halogenated alkanes) is 5. The smallest absolute Gasteiger partial charge is 0.00412 e. The molecule has 0 rings (SSSR count). The van der Waals surface area contributed by atoms with Crippen molar-refractivity contribution in [2.75, 3.05) is 11.9 Å². The van der Waals surface area contributed by atoms with Gasteiger partial charge in [0.1, 0.15) is 0 Å². The first-order valence-electron chi connectivity index (χ1n) is 6.91. The molecule has 0 heterocycles. The van der Waals surface area contributed by atoms with E-state index in [9.17, 15) is 0 Å². The van der Waals surface area contributed by atoms with Gasteiger partial charge in [-0.25, -0.2) is 0 Å². The molecule has 0 aliphatic heterocycles. The Labute approximate surface area is 111 Å². The Balaban J connectivity index is 3.41. The van der Waals surface area contributed by atoms with Gasteiger partial charge in [0.25, 0.3) is 0 Å². The average Bonchev–Trinajstić information content (AvgIpc) is 2.21. The molecule has 0 N–H and O–H groups in total. The Morgan fingerprint density at radius 2 is 1.19 bits per heavy atom. The van der Waals surface area contributed by atoms with Gasteiger partial charge in [-0.3, -0.25) is 4.90 Å². The predicted octanol–water partition coefficient (Wildman–Crippen LogP) is 4.84. The zero-order chi connectivity index (χ0) is 12.4. The van der Waals surface area contributed by atoms with Gasteiger partial charge in [-0.2, -0.15) is 0 Å². The maximum Gasteiger partial charge on any atom is 0.00412 e. The first-order valence-corrected chi connectivity index (χ1v) is 8.03. The van der Waals surface area contributed by atoms with E-state index in [0.717, 1.165) is 0 Å². The molecule has 0 radical (unpaired) electrons. The molecule has 1 nitrogen and oxygen atoms in total. The number of hydrogen-bond donors (Lipinski definition) is 0. The highest BCUT2D eigenvalue weighted by molar-refractivity contribution is 9.09. The molecule has 16 heavy (non-hydrogen) atoms. The van der Waals surface area contributed by atoms with E-state index in [1.54, 1.807) is 0 Å². The lowest BCUT2D eigenvalue weighted by atomic mass is 10.1. The number of alkyl halides is 1. The van der Waals surface area contributed by atoms with Crippen LogP contribution in [0, 0.1) is 0 Å². The summed E-state index contributed by atoms with van der Waals surface area (Å²) in [5.74, 6) is 0. The minimum absolute atomic E-state index is 0.688. The molecule has 0 saturated carbocycles. The van der Waals surface area contributed by atoms with Gasteiger partial charge in [-0.15, -0.1) is 0 Å². The molecule has 0 atom stereocenters. The Kier molecular flexibility index (Phi) is 10.9. The minimum atomic E-state index is 0.688. The predicted molar refractivity (Wildman–Crippen MR) is 78.5 cm³/mol. The summed E-state index contributed by atoms with van der Waals surface area (Å²) in [4.78, 5) is 2.60. The van der Waals surface area contributed by atoms with E-state index < -0.39 is 0 Å². The lowest BCUT2D eigenvalue weighted by Gasteiger charge is -2.30. The van der Waals surface area contributed by atoms with Crippen LogP contribution in [0.25, 0.3) is 0 Å². The third kappa shape index (κ3) is 8.58. The van der Waals surface area contributed by atoms with Crippen LogP contribution in [0.1, 0.15) is 66.2 Å². The fraction of sp³-hybridized carbons (Fsp3) is 1.00. The van der Waals surface area contributed by atoms with Crippen molar-refractivity contribution in [3.8, 4) is 0 Å². The molecule has 0 bridgehead atoms. The van der Waals surface area contributed by atoms with Crippen molar-refractivity contribution in [3.63, 3.8) is 0 Å². The third-order valence-corrected chi connectivity index (χ3v) is 3.69. The van der Waals surface area contributed by atoms with Crippen molar-refractivity contribution in [1.82, 2.24) is 4.90 Å². The van der Waals surface area contributed by atoms with Crippen molar-refractivity contribution < 1.29 is 0 Å². The highest BCUT2D eigenvalue weighted by Crippen LogP contribution is 2.10. The standard InChI is InChI=1S/C14H30BrN/c1-13(2)16(14(3)4)12-10-8-6-5-7-9-11-15/h13-14H,5-12H2,1-4H3. The summed E-state index contributed by atoms with van der Waals surface area (Å²) in [6.07, 6.45) is 8.32. The Hall–Kier alpha value is 0.440. The molecule has 0 aliphatic rings. The maximum absolute atomic E-state index is 3.48. The van der Waals surface area contributed by atoms with Crippen LogP contribution < -0.4 is 0 Å². The van der Waals surface area contributed by atoms with Gasteiger partial charge in [0.15, 0.2) is 0 Å². The molecule has 0 amide bonds. The van der Waals surface area contributed by atoms with Crippen molar-refractivity contribution >= 4 is 15.9 Å². The van der Waals surface area contributed by atoms with E-state index in [1.807, 2.05) is 0 Å². The van der Waals surface area contributed by atoms with Crippen LogP contribution in [0.3, 0.4) is 0 Å². The molecule has 0 saturated heterocycles. The molecular formula is C14H30BrN. The highest BCUT2D eigenvalue weighted by atomic mass is 79.9. The van der Waals surface area contributed by atoms with Crippen LogP contribution in [0.4, 0.5) is 0 Å². The second kappa shape index (κ2) is 10.6. The Morgan fingerprint density at radius 3 is 1.62 bits per heavy atom. The molecule has 0 aliphatic carbocycles. The topological polar surface area (TPSA) is 3.24 Å². The number of hydrogen-bond acceptors (Lipinski definition) is 1. The number of halogens is 1. The fourth-order valence-electron chi connectivity index (χ4n) is 2.21. The molecule has 0 aromatic rings. The third-order valence-electron chi connectivity index (χ3n) is 3.13. The van der Waals surface area contributed by atoms with Crippen LogP contribution in [0.2, 0.25) is 0 Å². The molecular weight excluding hydrogens is 262 g/mol. The Bertz CT molecular complexity index is 138.